The van der Waals surface area contributed by atoms with E-state index >= 15 is 0 Å². The predicted octanol–water partition coefficient (Wildman–Crippen LogP) is 4.77. The van der Waals surface area contributed by atoms with Crippen molar-refractivity contribution < 1.29 is 19.1 Å². The topological polar surface area (TPSA) is 64.6 Å². The molecule has 0 aliphatic heterocycles. The van der Waals surface area contributed by atoms with Gasteiger partial charge >= 0.3 is 5.97 Å². The first-order chi connectivity index (χ1) is 13.5. The highest BCUT2D eigenvalue weighted by Crippen LogP contribution is 2.40. The number of nitrogens with one attached hydrogen (secondary N) is 1. The summed E-state index contributed by atoms with van der Waals surface area (Å²) in [5.74, 6) is 0.679. The number of para-hydroxylation sites is 1. The summed E-state index contributed by atoms with van der Waals surface area (Å²) < 4.78 is 10.9. The predicted molar refractivity (Wildman–Crippen MR) is 111 cm³/mol. The lowest BCUT2D eigenvalue weighted by molar-refractivity contribution is -0.118. The van der Waals surface area contributed by atoms with E-state index in [9.17, 15) is 9.59 Å². The third-order valence-corrected chi connectivity index (χ3v) is 6.30. The Hall–Kier alpha value is -2.34. The number of thiophene rings is 1. The van der Waals surface area contributed by atoms with Crippen LogP contribution < -0.4 is 10.1 Å². The van der Waals surface area contributed by atoms with Crippen LogP contribution in [-0.4, -0.2) is 25.1 Å². The molecule has 1 N–H and O–H groups in total. The first kappa shape index (κ1) is 20.4. The van der Waals surface area contributed by atoms with Gasteiger partial charge in [0.2, 0.25) is 0 Å². The van der Waals surface area contributed by atoms with Crippen LogP contribution in [0.2, 0.25) is 0 Å². The molecule has 0 saturated heterocycles. The van der Waals surface area contributed by atoms with Crippen LogP contribution >= 0.6 is 11.3 Å². The zero-order valence-corrected chi connectivity index (χ0v) is 17.5. The maximum absolute atomic E-state index is 12.6. The van der Waals surface area contributed by atoms with Gasteiger partial charge in [-0.25, -0.2) is 4.79 Å². The van der Waals surface area contributed by atoms with Crippen LogP contribution in [0.5, 0.6) is 5.75 Å². The number of carbonyl (C=O) groups is 2. The molecule has 1 atom stereocenters. The largest absolute Gasteiger partial charge is 0.483 e. The molecule has 1 heterocycles. The van der Waals surface area contributed by atoms with Gasteiger partial charge in [-0.15, -0.1) is 11.3 Å². The standard InChI is InChI=1S/C22H27NO4S/c1-4-15-10-11-16-18(12-15)28-21(20(16)22(25)26-5-2)23-19(24)13-27-17-9-7-6-8-14(17)3/h6-9,15H,4-5,10-13H2,1-3H3,(H,23,24). The third-order valence-electron chi connectivity index (χ3n) is 5.13. The van der Waals surface area contributed by atoms with Crippen LogP contribution in [0.1, 0.15) is 53.1 Å². The van der Waals surface area contributed by atoms with E-state index in [1.54, 1.807) is 6.92 Å². The molecule has 5 nitrogen and oxygen atoms in total. The maximum atomic E-state index is 12.6. The van der Waals surface area contributed by atoms with Crippen LogP contribution in [0.15, 0.2) is 24.3 Å². The smallest absolute Gasteiger partial charge is 0.341 e. The Balaban J connectivity index is 1.76. The Kier molecular flexibility index (Phi) is 6.73. The van der Waals surface area contributed by atoms with Crippen LogP contribution in [0.3, 0.4) is 0 Å². The number of amides is 1. The summed E-state index contributed by atoms with van der Waals surface area (Å²) in [4.78, 5) is 26.2. The molecule has 1 aliphatic carbocycles. The van der Waals surface area contributed by atoms with Gasteiger partial charge in [-0.05, 0) is 56.2 Å². The fraction of sp³-hybridized carbons (Fsp3) is 0.455. The summed E-state index contributed by atoms with van der Waals surface area (Å²) in [6, 6.07) is 7.56. The van der Waals surface area contributed by atoms with Gasteiger partial charge in [0.05, 0.1) is 12.2 Å². The average Bonchev–Trinajstić information content (AvgIpc) is 3.04. The zero-order chi connectivity index (χ0) is 20.1. The van der Waals surface area contributed by atoms with Crippen molar-refractivity contribution in [2.24, 2.45) is 5.92 Å². The SMILES string of the molecule is CCOC(=O)c1c(NC(=O)COc2ccccc2C)sc2c1CCC(CC)C2. The summed E-state index contributed by atoms with van der Waals surface area (Å²) in [6.45, 7) is 6.13. The van der Waals surface area contributed by atoms with Crippen molar-refractivity contribution in [1.82, 2.24) is 0 Å². The molecule has 1 aliphatic rings. The quantitative estimate of drug-likeness (QED) is 0.679. The highest BCUT2D eigenvalue weighted by atomic mass is 32.1. The molecule has 0 fully saturated rings. The van der Waals surface area contributed by atoms with Crippen molar-refractivity contribution in [3.05, 3.63) is 45.8 Å². The third kappa shape index (κ3) is 4.55. The number of rotatable bonds is 7. The first-order valence-corrected chi connectivity index (χ1v) is 10.6. The van der Waals surface area contributed by atoms with Gasteiger partial charge < -0.3 is 14.8 Å². The maximum Gasteiger partial charge on any atom is 0.341 e. The normalized spacial score (nSPS) is 15.6. The fourth-order valence-electron chi connectivity index (χ4n) is 3.53. The van der Waals surface area contributed by atoms with Crippen molar-refractivity contribution in [3.63, 3.8) is 0 Å². The first-order valence-electron chi connectivity index (χ1n) is 9.83. The molecule has 6 heteroatoms. The summed E-state index contributed by atoms with van der Waals surface area (Å²) in [7, 11) is 0. The van der Waals surface area contributed by atoms with E-state index < -0.39 is 0 Å². The number of fused-ring (bicyclic) bond motifs is 1. The zero-order valence-electron chi connectivity index (χ0n) is 16.7. The van der Waals surface area contributed by atoms with Gasteiger partial charge in [0, 0.05) is 4.88 Å². The van der Waals surface area contributed by atoms with Gasteiger partial charge in [-0.2, -0.15) is 0 Å². The van der Waals surface area contributed by atoms with Crippen LogP contribution in [0, 0.1) is 12.8 Å². The number of ether oxygens (including phenoxy) is 2. The van der Waals surface area contributed by atoms with Gasteiger partial charge in [0.15, 0.2) is 6.61 Å². The Labute approximate surface area is 170 Å². The summed E-state index contributed by atoms with van der Waals surface area (Å²) in [5, 5.41) is 3.47. The lowest BCUT2D eigenvalue weighted by Crippen LogP contribution is -2.21. The van der Waals surface area contributed by atoms with Crippen molar-refractivity contribution in [3.8, 4) is 5.75 Å². The number of hydrogen-bond acceptors (Lipinski definition) is 5. The van der Waals surface area contributed by atoms with E-state index in [1.165, 1.54) is 16.2 Å². The minimum Gasteiger partial charge on any atom is -0.483 e. The second-order valence-electron chi connectivity index (χ2n) is 7.05. The van der Waals surface area contributed by atoms with Gasteiger partial charge in [0.1, 0.15) is 10.8 Å². The summed E-state index contributed by atoms with van der Waals surface area (Å²) >= 11 is 1.50. The lowest BCUT2D eigenvalue weighted by atomic mass is 9.85. The number of benzene rings is 1. The highest BCUT2D eigenvalue weighted by Gasteiger charge is 2.29. The van der Waals surface area contributed by atoms with Crippen LogP contribution in [0.4, 0.5) is 5.00 Å². The van der Waals surface area contributed by atoms with Gasteiger partial charge in [-0.1, -0.05) is 31.5 Å². The molecule has 1 aromatic carbocycles. The number of aryl methyl sites for hydroxylation is 1. The van der Waals surface area contributed by atoms with E-state index in [0.29, 0.717) is 28.8 Å². The minimum absolute atomic E-state index is 0.104. The summed E-state index contributed by atoms with van der Waals surface area (Å²) in [6.07, 6.45) is 4.00. The Morgan fingerprint density at radius 1 is 1.25 bits per heavy atom. The van der Waals surface area contributed by atoms with E-state index in [4.69, 9.17) is 9.47 Å². The molecule has 1 unspecified atom stereocenters. The van der Waals surface area contributed by atoms with Crippen molar-refractivity contribution in [2.75, 3.05) is 18.5 Å². The van der Waals surface area contributed by atoms with Crippen molar-refractivity contribution >= 4 is 28.2 Å². The Morgan fingerprint density at radius 3 is 2.75 bits per heavy atom. The highest BCUT2D eigenvalue weighted by molar-refractivity contribution is 7.17. The Bertz CT molecular complexity index is 858. The number of anilines is 1. The van der Waals surface area contributed by atoms with Crippen LogP contribution in [0.25, 0.3) is 0 Å². The van der Waals surface area contributed by atoms with Crippen molar-refractivity contribution in [1.29, 1.82) is 0 Å². The van der Waals surface area contributed by atoms with E-state index in [-0.39, 0.29) is 18.5 Å². The molecule has 1 aromatic heterocycles. The van der Waals surface area contributed by atoms with Crippen molar-refractivity contribution in [2.45, 2.75) is 46.5 Å². The minimum atomic E-state index is -0.356. The van der Waals surface area contributed by atoms with Gasteiger partial charge in [-0.3, -0.25) is 4.79 Å². The fourth-order valence-corrected chi connectivity index (χ4v) is 4.90. The molecule has 150 valence electrons. The average molecular weight is 402 g/mol. The molecule has 0 saturated carbocycles. The molecule has 1 amide bonds. The molecular formula is C22H27NO4S. The molecular weight excluding hydrogens is 374 g/mol. The molecule has 0 bridgehead atoms. The summed E-state index contributed by atoms with van der Waals surface area (Å²) in [5.41, 5.74) is 2.55. The molecule has 0 spiro atoms. The van der Waals surface area contributed by atoms with E-state index in [2.05, 4.69) is 12.2 Å². The molecule has 0 radical (unpaired) electrons. The second kappa shape index (κ2) is 9.24. The Morgan fingerprint density at radius 2 is 2.04 bits per heavy atom. The lowest BCUT2D eigenvalue weighted by Gasteiger charge is -2.20. The number of hydrogen-bond donors (Lipinski definition) is 1. The van der Waals surface area contributed by atoms with E-state index in [0.717, 1.165) is 36.8 Å². The molecule has 3 rings (SSSR count). The number of carbonyl (C=O) groups excluding carboxylic acids is 2. The number of esters is 1. The second-order valence-corrected chi connectivity index (χ2v) is 8.15. The monoisotopic (exact) mass is 401 g/mol. The van der Waals surface area contributed by atoms with Crippen LogP contribution in [-0.2, 0) is 22.4 Å². The molecule has 2 aromatic rings. The van der Waals surface area contributed by atoms with E-state index in [1.807, 2.05) is 31.2 Å². The van der Waals surface area contributed by atoms with Gasteiger partial charge in [0.25, 0.3) is 5.91 Å². The molecule has 28 heavy (non-hydrogen) atoms.